The second-order valence-electron chi connectivity index (χ2n) is 6.10. The van der Waals surface area contributed by atoms with Gasteiger partial charge in [-0.1, -0.05) is 34.8 Å². The highest BCUT2D eigenvalue weighted by molar-refractivity contribution is 6.35. The topological polar surface area (TPSA) is 59.4 Å². The minimum atomic E-state index is -1.33. The zero-order valence-corrected chi connectivity index (χ0v) is 17.0. The van der Waals surface area contributed by atoms with Crippen LogP contribution >= 0.6 is 34.8 Å². The van der Waals surface area contributed by atoms with Gasteiger partial charge in [0.1, 0.15) is 10.8 Å². The molecule has 2 aromatic carbocycles. The smallest absolute Gasteiger partial charge is 0.338 e. The maximum Gasteiger partial charge on any atom is 0.338 e. The van der Waals surface area contributed by atoms with Gasteiger partial charge in [0.25, 0.3) is 0 Å². The Hall–Kier alpha value is -2.34. The summed E-state index contributed by atoms with van der Waals surface area (Å²) in [6.07, 6.45) is 1.46. The summed E-state index contributed by atoms with van der Waals surface area (Å²) < 4.78 is 19.8. The summed E-state index contributed by atoms with van der Waals surface area (Å²) in [5.74, 6) is -1.67. The lowest BCUT2D eigenvalue weighted by molar-refractivity contribution is 0.0692. The molecule has 0 spiro atoms. The van der Waals surface area contributed by atoms with Gasteiger partial charge in [0.15, 0.2) is 5.75 Å². The van der Waals surface area contributed by atoms with Crippen molar-refractivity contribution in [2.24, 2.45) is 0 Å². The fourth-order valence-corrected chi connectivity index (χ4v) is 3.56. The number of benzene rings is 2. The molecule has 8 heteroatoms. The van der Waals surface area contributed by atoms with Crippen molar-refractivity contribution in [3.05, 3.63) is 74.1 Å². The molecule has 28 heavy (non-hydrogen) atoms. The molecule has 0 aliphatic carbocycles. The van der Waals surface area contributed by atoms with E-state index in [1.807, 2.05) is 0 Å². The number of aromatic carboxylic acids is 1. The summed E-state index contributed by atoms with van der Waals surface area (Å²) in [5.41, 5.74) is 1.88. The first-order valence-electron chi connectivity index (χ1n) is 8.00. The highest BCUT2D eigenvalue weighted by Crippen LogP contribution is 2.38. The van der Waals surface area contributed by atoms with Gasteiger partial charge in [-0.05, 0) is 60.9 Å². The minimum absolute atomic E-state index is 0.123. The summed E-state index contributed by atoms with van der Waals surface area (Å²) in [4.78, 5) is 15.3. The number of pyridine rings is 1. The molecule has 0 bridgehead atoms. The minimum Gasteiger partial charge on any atom is -0.478 e. The van der Waals surface area contributed by atoms with Crippen molar-refractivity contribution in [3.8, 4) is 22.8 Å². The summed E-state index contributed by atoms with van der Waals surface area (Å²) in [5, 5.41) is 10.0. The Kier molecular flexibility index (Phi) is 5.79. The van der Waals surface area contributed by atoms with E-state index >= 15 is 0 Å². The van der Waals surface area contributed by atoms with Crippen molar-refractivity contribution in [1.29, 1.82) is 0 Å². The number of rotatable bonds is 4. The molecule has 0 amide bonds. The van der Waals surface area contributed by atoms with Gasteiger partial charge in [-0.25, -0.2) is 14.2 Å². The molecule has 4 nitrogen and oxygen atoms in total. The van der Waals surface area contributed by atoms with Crippen molar-refractivity contribution >= 4 is 40.8 Å². The molecule has 0 aliphatic heterocycles. The summed E-state index contributed by atoms with van der Waals surface area (Å²) in [7, 11) is 0. The molecule has 1 heterocycles. The van der Waals surface area contributed by atoms with Crippen LogP contribution in [0.5, 0.6) is 11.6 Å². The molecule has 3 rings (SSSR count). The summed E-state index contributed by atoms with van der Waals surface area (Å²) in [6.45, 7) is 3.46. The van der Waals surface area contributed by atoms with Gasteiger partial charge in [0.05, 0.1) is 10.6 Å². The van der Waals surface area contributed by atoms with Crippen LogP contribution in [0.3, 0.4) is 0 Å². The van der Waals surface area contributed by atoms with E-state index in [0.29, 0.717) is 38.0 Å². The average molecular weight is 441 g/mol. The van der Waals surface area contributed by atoms with E-state index < -0.39 is 17.3 Å². The van der Waals surface area contributed by atoms with Crippen LogP contribution in [-0.2, 0) is 0 Å². The number of aromatic nitrogens is 1. The van der Waals surface area contributed by atoms with Crippen LogP contribution in [0.4, 0.5) is 4.39 Å². The van der Waals surface area contributed by atoms with Gasteiger partial charge in [0, 0.05) is 16.8 Å². The molecule has 0 saturated heterocycles. The quantitative estimate of drug-likeness (QED) is 0.476. The maximum atomic E-state index is 14.1. The average Bonchev–Trinajstić information content (AvgIpc) is 2.60. The Morgan fingerprint density at radius 1 is 1.04 bits per heavy atom. The van der Waals surface area contributed by atoms with Crippen molar-refractivity contribution in [1.82, 2.24) is 4.98 Å². The van der Waals surface area contributed by atoms with E-state index in [1.54, 1.807) is 32.0 Å². The third-order valence-corrected chi connectivity index (χ3v) is 4.83. The Bertz CT molecular complexity index is 1080. The molecule has 0 aliphatic rings. The molecule has 1 aromatic heterocycles. The number of hydrogen-bond donors (Lipinski definition) is 1. The molecule has 144 valence electrons. The predicted octanol–water partition coefficient (Wildman–Crippen LogP) is 6.96. The monoisotopic (exact) mass is 439 g/mol. The summed E-state index contributed by atoms with van der Waals surface area (Å²) in [6, 6.07) is 7.21. The fourth-order valence-electron chi connectivity index (χ4n) is 2.72. The molecule has 0 saturated carbocycles. The second-order valence-corrected chi connectivity index (χ2v) is 7.35. The van der Waals surface area contributed by atoms with E-state index in [9.17, 15) is 9.18 Å². The standard InChI is InChI=1S/C20H13Cl3FNO3/c1-9-4-14(20(26)27)17(24)7-13(9)11-5-16(23)19(25-8-11)28-18-10(2)3-12(21)6-15(18)22/h3-8H,1-2H3,(H,26,27). The molecule has 0 fully saturated rings. The first-order valence-corrected chi connectivity index (χ1v) is 9.13. The van der Waals surface area contributed by atoms with Crippen LogP contribution < -0.4 is 4.74 Å². The lowest BCUT2D eigenvalue weighted by Gasteiger charge is -2.13. The van der Waals surface area contributed by atoms with Crippen molar-refractivity contribution in [2.75, 3.05) is 0 Å². The number of ether oxygens (including phenoxy) is 1. The number of carboxylic acid groups (broad SMARTS) is 1. The molecule has 0 atom stereocenters. The van der Waals surface area contributed by atoms with Gasteiger partial charge in [0.2, 0.25) is 5.88 Å². The Morgan fingerprint density at radius 3 is 2.36 bits per heavy atom. The van der Waals surface area contributed by atoms with Crippen LogP contribution in [0.15, 0.2) is 36.5 Å². The first-order chi connectivity index (χ1) is 13.2. The normalized spacial score (nSPS) is 10.8. The maximum absolute atomic E-state index is 14.1. The van der Waals surface area contributed by atoms with Crippen molar-refractivity contribution in [3.63, 3.8) is 0 Å². The predicted molar refractivity (Wildman–Crippen MR) is 108 cm³/mol. The van der Waals surface area contributed by atoms with E-state index in [1.165, 1.54) is 12.3 Å². The Morgan fingerprint density at radius 2 is 1.75 bits per heavy atom. The zero-order valence-electron chi connectivity index (χ0n) is 14.7. The fraction of sp³-hybridized carbons (Fsp3) is 0.100. The number of nitrogens with zero attached hydrogens (tertiary/aromatic N) is 1. The van der Waals surface area contributed by atoms with Gasteiger partial charge in [-0.15, -0.1) is 0 Å². The first kappa shape index (κ1) is 20.4. The number of hydrogen-bond acceptors (Lipinski definition) is 3. The van der Waals surface area contributed by atoms with Crippen LogP contribution in [0.1, 0.15) is 21.5 Å². The van der Waals surface area contributed by atoms with Gasteiger partial charge < -0.3 is 9.84 Å². The molecular weight excluding hydrogens is 428 g/mol. The van der Waals surface area contributed by atoms with Crippen LogP contribution in [0.2, 0.25) is 15.1 Å². The second kappa shape index (κ2) is 7.95. The highest BCUT2D eigenvalue weighted by Gasteiger charge is 2.17. The molecule has 1 N–H and O–H groups in total. The summed E-state index contributed by atoms with van der Waals surface area (Å²) >= 11 is 18.4. The third kappa shape index (κ3) is 4.07. The van der Waals surface area contributed by atoms with Gasteiger partial charge >= 0.3 is 5.97 Å². The van der Waals surface area contributed by atoms with E-state index in [-0.39, 0.29) is 10.9 Å². The lowest BCUT2D eigenvalue weighted by Crippen LogP contribution is -2.02. The van der Waals surface area contributed by atoms with Crippen molar-refractivity contribution in [2.45, 2.75) is 13.8 Å². The number of halogens is 4. The third-order valence-electron chi connectivity index (χ3n) is 4.06. The Labute approximate surface area is 175 Å². The number of carbonyl (C=O) groups is 1. The number of aryl methyl sites for hydroxylation is 2. The molecule has 3 aromatic rings. The van der Waals surface area contributed by atoms with Gasteiger partial charge in [-0.2, -0.15) is 0 Å². The van der Waals surface area contributed by atoms with Crippen LogP contribution in [-0.4, -0.2) is 16.1 Å². The zero-order chi connectivity index (χ0) is 20.6. The van der Waals surface area contributed by atoms with Gasteiger partial charge in [-0.3, -0.25) is 0 Å². The SMILES string of the molecule is Cc1cc(C(=O)O)c(F)cc1-c1cnc(Oc2c(C)cc(Cl)cc2Cl)c(Cl)c1. The van der Waals surface area contributed by atoms with Crippen LogP contribution in [0, 0.1) is 19.7 Å². The number of carboxylic acids is 1. The highest BCUT2D eigenvalue weighted by atomic mass is 35.5. The van der Waals surface area contributed by atoms with E-state index in [0.717, 1.165) is 6.07 Å². The molecule has 0 radical (unpaired) electrons. The van der Waals surface area contributed by atoms with E-state index in [2.05, 4.69) is 4.98 Å². The largest absolute Gasteiger partial charge is 0.478 e. The van der Waals surface area contributed by atoms with Crippen molar-refractivity contribution < 1.29 is 19.0 Å². The molecular formula is C20H13Cl3FNO3. The van der Waals surface area contributed by atoms with E-state index in [4.69, 9.17) is 44.6 Å². The Balaban J connectivity index is 1.98. The lowest BCUT2D eigenvalue weighted by atomic mass is 9.99. The van der Waals surface area contributed by atoms with Crippen LogP contribution in [0.25, 0.3) is 11.1 Å². The molecule has 0 unspecified atom stereocenters.